The largest absolute Gasteiger partial charge is 0.481 e. The lowest BCUT2D eigenvalue weighted by atomic mass is 9.62. The molecule has 4 rings (SSSR count). The van der Waals surface area contributed by atoms with Gasteiger partial charge in [0.25, 0.3) is 0 Å². The lowest BCUT2D eigenvalue weighted by Crippen LogP contribution is -2.49. The Morgan fingerprint density at radius 2 is 1.87 bits per heavy atom. The summed E-state index contributed by atoms with van der Waals surface area (Å²) in [6.45, 7) is 0.489. The van der Waals surface area contributed by atoms with E-state index in [0.29, 0.717) is 18.0 Å². The van der Waals surface area contributed by atoms with Crippen molar-refractivity contribution in [3.05, 3.63) is 47.0 Å². The summed E-state index contributed by atoms with van der Waals surface area (Å²) in [7, 11) is 0. The van der Waals surface area contributed by atoms with E-state index in [4.69, 9.17) is 11.6 Å². The van der Waals surface area contributed by atoms with Crippen LogP contribution in [0.25, 0.3) is 0 Å². The molecule has 1 fully saturated rings. The summed E-state index contributed by atoms with van der Waals surface area (Å²) in [4.78, 5) is 24.1. The monoisotopic (exact) mass is 333 g/mol. The molecule has 1 saturated carbocycles. The van der Waals surface area contributed by atoms with Gasteiger partial charge in [0.1, 0.15) is 0 Å². The fourth-order valence-corrected chi connectivity index (χ4v) is 4.04. The number of hydrogen-bond donors (Lipinski definition) is 2. The predicted octanol–water partition coefficient (Wildman–Crippen LogP) is 2.91. The van der Waals surface area contributed by atoms with E-state index < -0.39 is 17.8 Å². The van der Waals surface area contributed by atoms with Gasteiger partial charge < -0.3 is 10.4 Å². The Hall–Kier alpha value is -1.81. The first-order chi connectivity index (χ1) is 11.1. The average molecular weight is 334 g/mol. The van der Waals surface area contributed by atoms with Gasteiger partial charge in [0.15, 0.2) is 0 Å². The van der Waals surface area contributed by atoms with Crippen LogP contribution in [0, 0.1) is 23.7 Å². The standard InChI is InChI=1S/C18H20ClNO3/c19-14-3-1-2-11(10-14)8-9-20-17(21)15-12-4-6-13(7-5-12)16(15)18(22)23/h1-4,6,10,12-13,15-16H,5,7-9H2,(H,20,21)(H,22,23)/t12-,13-,15-,16+/m0/s1. The Balaban J connectivity index is 1.61. The molecule has 3 aliphatic carbocycles. The van der Waals surface area contributed by atoms with E-state index in [9.17, 15) is 14.7 Å². The summed E-state index contributed by atoms with van der Waals surface area (Å²) < 4.78 is 0. The third-order valence-corrected chi connectivity index (χ3v) is 5.17. The van der Waals surface area contributed by atoms with E-state index in [2.05, 4.69) is 5.32 Å². The van der Waals surface area contributed by atoms with Crippen LogP contribution in [0.1, 0.15) is 18.4 Å². The minimum atomic E-state index is -0.862. The lowest BCUT2D eigenvalue weighted by Gasteiger charge is -2.41. The van der Waals surface area contributed by atoms with Crippen molar-refractivity contribution in [3.8, 4) is 0 Å². The second-order valence-corrected chi connectivity index (χ2v) is 6.79. The number of carbonyl (C=O) groups is 2. The molecule has 1 aromatic rings. The third kappa shape index (κ3) is 3.42. The highest BCUT2D eigenvalue weighted by Gasteiger charge is 2.47. The fourth-order valence-electron chi connectivity index (χ4n) is 3.83. The van der Waals surface area contributed by atoms with Crippen molar-refractivity contribution >= 4 is 23.5 Å². The summed E-state index contributed by atoms with van der Waals surface area (Å²) in [6, 6.07) is 7.53. The van der Waals surface area contributed by atoms with Crippen LogP contribution in [0.4, 0.5) is 0 Å². The van der Waals surface area contributed by atoms with Crippen LogP contribution in [0.2, 0.25) is 5.02 Å². The molecule has 0 heterocycles. The van der Waals surface area contributed by atoms with Crippen LogP contribution in [0.5, 0.6) is 0 Å². The Morgan fingerprint density at radius 1 is 1.17 bits per heavy atom. The van der Waals surface area contributed by atoms with E-state index in [0.717, 1.165) is 18.4 Å². The van der Waals surface area contributed by atoms with Gasteiger partial charge in [-0.3, -0.25) is 9.59 Å². The van der Waals surface area contributed by atoms with Gasteiger partial charge in [-0.05, 0) is 48.8 Å². The molecule has 0 unspecified atom stereocenters. The number of benzene rings is 1. The summed E-state index contributed by atoms with van der Waals surface area (Å²) in [5, 5.41) is 13.1. The maximum Gasteiger partial charge on any atom is 0.307 e. The number of halogens is 1. The Morgan fingerprint density at radius 3 is 2.48 bits per heavy atom. The first-order valence-electron chi connectivity index (χ1n) is 7.99. The molecule has 1 aromatic carbocycles. The molecule has 1 amide bonds. The summed E-state index contributed by atoms with van der Waals surface area (Å²) in [6.07, 6.45) is 6.44. The molecule has 0 spiro atoms. The quantitative estimate of drug-likeness (QED) is 0.814. The first kappa shape index (κ1) is 16.1. The molecule has 23 heavy (non-hydrogen) atoms. The van der Waals surface area contributed by atoms with Crippen molar-refractivity contribution < 1.29 is 14.7 Å². The number of fused-ring (bicyclic) bond motifs is 2. The van der Waals surface area contributed by atoms with E-state index in [1.165, 1.54) is 0 Å². The van der Waals surface area contributed by atoms with E-state index in [-0.39, 0.29) is 17.7 Å². The molecule has 2 bridgehead atoms. The zero-order valence-corrected chi connectivity index (χ0v) is 13.5. The molecule has 5 heteroatoms. The van der Waals surface area contributed by atoms with Gasteiger partial charge in [0, 0.05) is 11.6 Å². The van der Waals surface area contributed by atoms with Gasteiger partial charge >= 0.3 is 5.97 Å². The highest BCUT2D eigenvalue weighted by atomic mass is 35.5. The molecule has 0 aliphatic heterocycles. The molecule has 0 radical (unpaired) electrons. The van der Waals surface area contributed by atoms with Gasteiger partial charge in [-0.1, -0.05) is 35.9 Å². The van der Waals surface area contributed by atoms with Crippen molar-refractivity contribution in [2.75, 3.05) is 6.54 Å². The van der Waals surface area contributed by atoms with Crippen molar-refractivity contribution in [3.63, 3.8) is 0 Å². The van der Waals surface area contributed by atoms with Gasteiger partial charge in [-0.15, -0.1) is 0 Å². The summed E-state index contributed by atoms with van der Waals surface area (Å²) in [5.41, 5.74) is 1.05. The first-order valence-corrected chi connectivity index (χ1v) is 8.37. The predicted molar refractivity (Wildman–Crippen MR) is 88.1 cm³/mol. The summed E-state index contributed by atoms with van der Waals surface area (Å²) in [5.74, 6) is -2.01. The Labute approximate surface area is 140 Å². The van der Waals surface area contributed by atoms with E-state index >= 15 is 0 Å². The van der Waals surface area contributed by atoms with Crippen LogP contribution in [0.3, 0.4) is 0 Å². The molecule has 0 aromatic heterocycles. The van der Waals surface area contributed by atoms with Gasteiger partial charge in [0.05, 0.1) is 11.8 Å². The second kappa shape index (κ2) is 6.75. The van der Waals surface area contributed by atoms with E-state index in [1.54, 1.807) is 0 Å². The fraction of sp³-hybridized carbons (Fsp3) is 0.444. The van der Waals surface area contributed by atoms with Crippen molar-refractivity contribution in [1.82, 2.24) is 5.32 Å². The molecule has 2 N–H and O–H groups in total. The maximum atomic E-state index is 12.5. The average Bonchev–Trinajstić information content (AvgIpc) is 2.55. The minimum absolute atomic E-state index is 0.0128. The van der Waals surface area contributed by atoms with Gasteiger partial charge in [0.2, 0.25) is 5.91 Å². The number of carbonyl (C=O) groups excluding carboxylic acids is 1. The van der Waals surface area contributed by atoms with Crippen LogP contribution in [0.15, 0.2) is 36.4 Å². The second-order valence-electron chi connectivity index (χ2n) is 6.35. The zero-order valence-electron chi connectivity index (χ0n) is 12.7. The topological polar surface area (TPSA) is 66.4 Å². The molecule has 0 saturated heterocycles. The highest BCUT2D eigenvalue weighted by Crippen LogP contribution is 2.45. The van der Waals surface area contributed by atoms with Crippen molar-refractivity contribution in [2.24, 2.45) is 23.7 Å². The lowest BCUT2D eigenvalue weighted by molar-refractivity contribution is -0.152. The number of carboxylic acids is 1. The van der Waals surface area contributed by atoms with Crippen LogP contribution >= 0.6 is 11.6 Å². The smallest absolute Gasteiger partial charge is 0.307 e. The highest BCUT2D eigenvalue weighted by molar-refractivity contribution is 6.30. The molecule has 4 nitrogen and oxygen atoms in total. The Bertz CT molecular complexity index is 643. The van der Waals surface area contributed by atoms with Crippen molar-refractivity contribution in [2.45, 2.75) is 19.3 Å². The van der Waals surface area contributed by atoms with Gasteiger partial charge in [-0.25, -0.2) is 0 Å². The molecule has 122 valence electrons. The zero-order chi connectivity index (χ0) is 16.4. The summed E-state index contributed by atoms with van der Waals surface area (Å²) >= 11 is 5.94. The number of aliphatic carboxylic acids is 1. The van der Waals surface area contributed by atoms with Gasteiger partial charge in [-0.2, -0.15) is 0 Å². The van der Waals surface area contributed by atoms with E-state index in [1.807, 2.05) is 36.4 Å². The maximum absolute atomic E-state index is 12.5. The molecule has 3 aliphatic rings. The van der Waals surface area contributed by atoms with Crippen LogP contribution in [-0.2, 0) is 16.0 Å². The number of rotatable bonds is 5. The number of nitrogens with one attached hydrogen (secondary N) is 1. The van der Waals surface area contributed by atoms with Crippen LogP contribution < -0.4 is 5.32 Å². The van der Waals surface area contributed by atoms with Crippen LogP contribution in [-0.4, -0.2) is 23.5 Å². The molecular formula is C18H20ClNO3. The van der Waals surface area contributed by atoms with Crippen molar-refractivity contribution in [1.29, 1.82) is 0 Å². The molecular weight excluding hydrogens is 314 g/mol. The normalized spacial score (nSPS) is 28.6. The SMILES string of the molecule is O=C(NCCc1cccc(Cl)c1)[C@@H]1[C@H](C(=O)O)[C@H]2C=C[C@H]1CC2. The number of amides is 1. The number of carboxylic acid groups (broad SMARTS) is 1. The number of allylic oxidation sites excluding steroid dienone is 2. The molecule has 4 atom stereocenters. The number of hydrogen-bond acceptors (Lipinski definition) is 2. The minimum Gasteiger partial charge on any atom is -0.481 e. The Kier molecular flexibility index (Phi) is 4.71. The third-order valence-electron chi connectivity index (χ3n) is 4.94.